The molecule has 0 aliphatic carbocycles. The van der Waals surface area contributed by atoms with E-state index < -0.39 is 12.0 Å². The van der Waals surface area contributed by atoms with Crippen molar-refractivity contribution in [2.75, 3.05) is 18.5 Å². The zero-order valence-corrected chi connectivity index (χ0v) is 12.1. The molecule has 3 N–H and O–H groups in total. The van der Waals surface area contributed by atoms with Crippen LogP contribution in [0.25, 0.3) is 0 Å². The molecule has 2 aromatic carbocycles. The van der Waals surface area contributed by atoms with E-state index in [1.807, 2.05) is 0 Å². The van der Waals surface area contributed by atoms with Gasteiger partial charge < -0.3 is 20.5 Å². The van der Waals surface area contributed by atoms with Gasteiger partial charge in [-0.25, -0.2) is 14.0 Å². The summed E-state index contributed by atoms with van der Waals surface area (Å²) in [5.41, 5.74) is 5.68. The molecule has 23 heavy (non-hydrogen) atoms. The molecule has 2 rings (SSSR count). The van der Waals surface area contributed by atoms with Crippen LogP contribution in [0.5, 0.6) is 5.75 Å². The smallest absolute Gasteiger partial charge is 0.338 e. The minimum absolute atomic E-state index is 0.0314. The third-order valence-electron chi connectivity index (χ3n) is 2.76. The number of nitrogens with one attached hydrogen (secondary N) is 1. The number of halogens is 1. The first-order valence-corrected chi connectivity index (χ1v) is 6.76. The lowest BCUT2D eigenvalue weighted by Crippen LogP contribution is -2.19. The maximum Gasteiger partial charge on any atom is 0.338 e. The Bertz CT molecular complexity index is 689. The van der Waals surface area contributed by atoms with Gasteiger partial charge in [-0.3, -0.25) is 0 Å². The second kappa shape index (κ2) is 7.79. The van der Waals surface area contributed by atoms with Crippen LogP contribution in [-0.2, 0) is 4.74 Å². The first-order chi connectivity index (χ1) is 11.0. The van der Waals surface area contributed by atoms with Gasteiger partial charge in [-0.1, -0.05) is 6.07 Å². The van der Waals surface area contributed by atoms with Crippen molar-refractivity contribution in [1.29, 1.82) is 0 Å². The molecule has 0 unspecified atom stereocenters. The number of nitrogens with two attached hydrogens (primary N) is 1. The number of urea groups is 1. The molecule has 2 amide bonds. The highest BCUT2D eigenvalue weighted by Crippen LogP contribution is 2.12. The van der Waals surface area contributed by atoms with E-state index in [4.69, 9.17) is 15.2 Å². The zero-order valence-electron chi connectivity index (χ0n) is 12.1. The fourth-order valence-electron chi connectivity index (χ4n) is 1.77. The van der Waals surface area contributed by atoms with Gasteiger partial charge >= 0.3 is 12.0 Å². The van der Waals surface area contributed by atoms with Gasteiger partial charge in [-0.05, 0) is 42.5 Å². The Morgan fingerprint density at radius 1 is 1.09 bits per heavy atom. The second-order valence-corrected chi connectivity index (χ2v) is 4.51. The monoisotopic (exact) mass is 318 g/mol. The summed E-state index contributed by atoms with van der Waals surface area (Å²) in [5, 5.41) is 2.37. The van der Waals surface area contributed by atoms with Gasteiger partial charge in [-0.15, -0.1) is 0 Å². The number of rotatable bonds is 6. The molecule has 7 heteroatoms. The number of anilines is 1. The quantitative estimate of drug-likeness (QED) is 0.632. The van der Waals surface area contributed by atoms with E-state index in [0.29, 0.717) is 11.4 Å². The number of ether oxygens (including phenoxy) is 2. The molecule has 2 aromatic rings. The van der Waals surface area contributed by atoms with Crippen molar-refractivity contribution in [3.05, 3.63) is 59.9 Å². The highest BCUT2D eigenvalue weighted by molar-refractivity contribution is 5.93. The van der Waals surface area contributed by atoms with Crippen LogP contribution in [0.2, 0.25) is 0 Å². The topological polar surface area (TPSA) is 90.7 Å². The summed E-state index contributed by atoms with van der Waals surface area (Å²) in [6.45, 7) is 0.167. The van der Waals surface area contributed by atoms with Crippen LogP contribution < -0.4 is 15.8 Å². The van der Waals surface area contributed by atoms with Crippen LogP contribution in [0.4, 0.5) is 14.9 Å². The number of amides is 2. The van der Waals surface area contributed by atoms with Crippen molar-refractivity contribution in [3.63, 3.8) is 0 Å². The predicted octanol–water partition coefficient (Wildman–Crippen LogP) is 2.55. The standard InChI is InChI=1S/C16H15FN2O4/c17-12-4-6-14(7-5-12)22-8-9-23-15(20)11-2-1-3-13(10-11)19-16(18)21/h1-7,10H,8-9H2,(H3,18,19,21). The summed E-state index contributed by atoms with van der Waals surface area (Å²) in [4.78, 5) is 22.6. The van der Waals surface area contributed by atoms with Gasteiger partial charge in [0.1, 0.15) is 24.8 Å². The average molecular weight is 318 g/mol. The van der Waals surface area contributed by atoms with Crippen LogP contribution in [0, 0.1) is 5.82 Å². The number of carbonyl (C=O) groups is 2. The van der Waals surface area contributed by atoms with Crippen molar-refractivity contribution in [1.82, 2.24) is 0 Å². The Labute approximate surface area is 132 Å². The van der Waals surface area contributed by atoms with E-state index in [-0.39, 0.29) is 24.6 Å². The number of hydrogen-bond donors (Lipinski definition) is 2. The molecular weight excluding hydrogens is 303 g/mol. The molecule has 0 aliphatic heterocycles. The first-order valence-electron chi connectivity index (χ1n) is 6.76. The van der Waals surface area contributed by atoms with Crippen LogP contribution in [0.15, 0.2) is 48.5 Å². The van der Waals surface area contributed by atoms with Crippen LogP contribution in [-0.4, -0.2) is 25.2 Å². The molecular formula is C16H15FN2O4. The molecule has 0 fully saturated rings. The Kier molecular flexibility index (Phi) is 5.51. The summed E-state index contributed by atoms with van der Waals surface area (Å²) in [6, 6.07) is 11.0. The van der Waals surface area contributed by atoms with E-state index in [0.717, 1.165) is 0 Å². The number of carbonyl (C=O) groups excluding carboxylic acids is 2. The summed E-state index contributed by atoms with van der Waals surface area (Å²) < 4.78 is 23.1. The molecule has 0 atom stereocenters. The lowest BCUT2D eigenvalue weighted by Gasteiger charge is -2.08. The highest BCUT2D eigenvalue weighted by atomic mass is 19.1. The molecule has 6 nitrogen and oxygen atoms in total. The third kappa shape index (κ3) is 5.31. The Hall–Kier alpha value is -3.09. The van der Waals surface area contributed by atoms with Gasteiger partial charge in [0.25, 0.3) is 0 Å². The Morgan fingerprint density at radius 2 is 1.83 bits per heavy atom. The summed E-state index contributed by atoms with van der Waals surface area (Å²) >= 11 is 0. The molecule has 0 heterocycles. The predicted molar refractivity (Wildman–Crippen MR) is 81.8 cm³/mol. The minimum Gasteiger partial charge on any atom is -0.490 e. The highest BCUT2D eigenvalue weighted by Gasteiger charge is 2.08. The van der Waals surface area contributed by atoms with Gasteiger partial charge in [-0.2, -0.15) is 0 Å². The molecule has 0 aliphatic rings. The normalized spacial score (nSPS) is 9.96. The molecule has 120 valence electrons. The number of primary amides is 1. The molecule has 0 bridgehead atoms. The fourth-order valence-corrected chi connectivity index (χ4v) is 1.77. The van der Waals surface area contributed by atoms with Crippen molar-refractivity contribution < 1.29 is 23.5 Å². The van der Waals surface area contributed by atoms with Crippen molar-refractivity contribution in [2.45, 2.75) is 0 Å². The molecule has 0 saturated carbocycles. The summed E-state index contributed by atoms with van der Waals surface area (Å²) in [6.07, 6.45) is 0. The molecule has 0 saturated heterocycles. The first kappa shape index (κ1) is 16.3. The van der Waals surface area contributed by atoms with Crippen LogP contribution in [0.1, 0.15) is 10.4 Å². The maximum atomic E-state index is 12.7. The van der Waals surface area contributed by atoms with Gasteiger partial charge in [0.15, 0.2) is 0 Å². The Morgan fingerprint density at radius 3 is 2.52 bits per heavy atom. The van der Waals surface area contributed by atoms with E-state index in [1.165, 1.54) is 30.3 Å². The number of benzene rings is 2. The number of hydrogen-bond acceptors (Lipinski definition) is 4. The van der Waals surface area contributed by atoms with Gasteiger partial charge in [0, 0.05) is 5.69 Å². The van der Waals surface area contributed by atoms with E-state index in [1.54, 1.807) is 18.2 Å². The van der Waals surface area contributed by atoms with Crippen LogP contribution in [0.3, 0.4) is 0 Å². The van der Waals surface area contributed by atoms with Crippen molar-refractivity contribution in [3.8, 4) is 5.75 Å². The van der Waals surface area contributed by atoms with Gasteiger partial charge in [0.05, 0.1) is 5.56 Å². The third-order valence-corrected chi connectivity index (χ3v) is 2.76. The molecule has 0 radical (unpaired) electrons. The molecule has 0 spiro atoms. The lowest BCUT2D eigenvalue weighted by molar-refractivity contribution is 0.0450. The van der Waals surface area contributed by atoms with Crippen LogP contribution >= 0.6 is 0 Å². The van der Waals surface area contributed by atoms with E-state index >= 15 is 0 Å². The van der Waals surface area contributed by atoms with Crippen molar-refractivity contribution >= 4 is 17.7 Å². The SMILES string of the molecule is NC(=O)Nc1cccc(C(=O)OCCOc2ccc(F)cc2)c1. The largest absolute Gasteiger partial charge is 0.490 e. The van der Waals surface area contributed by atoms with E-state index in [9.17, 15) is 14.0 Å². The minimum atomic E-state index is -0.719. The Balaban J connectivity index is 1.80. The molecule has 0 aromatic heterocycles. The average Bonchev–Trinajstić information content (AvgIpc) is 2.52. The zero-order chi connectivity index (χ0) is 16.7. The lowest BCUT2D eigenvalue weighted by atomic mass is 10.2. The van der Waals surface area contributed by atoms with E-state index in [2.05, 4.69) is 5.32 Å². The fraction of sp³-hybridized carbons (Fsp3) is 0.125. The maximum absolute atomic E-state index is 12.7. The van der Waals surface area contributed by atoms with Gasteiger partial charge in [0.2, 0.25) is 0 Å². The summed E-state index contributed by atoms with van der Waals surface area (Å²) in [7, 11) is 0. The summed E-state index contributed by atoms with van der Waals surface area (Å²) in [5.74, 6) is -0.427. The second-order valence-electron chi connectivity index (χ2n) is 4.51. The number of esters is 1. The van der Waals surface area contributed by atoms with Crippen molar-refractivity contribution in [2.24, 2.45) is 5.73 Å².